The lowest BCUT2D eigenvalue weighted by Crippen LogP contribution is -2.36. The van der Waals surface area contributed by atoms with Crippen LogP contribution in [-0.4, -0.2) is 30.2 Å². The van der Waals surface area contributed by atoms with Crippen LogP contribution in [0.5, 0.6) is 5.75 Å². The molecule has 0 N–H and O–H groups in total. The molecule has 27 heavy (non-hydrogen) atoms. The van der Waals surface area contributed by atoms with Crippen LogP contribution in [0.15, 0.2) is 48.6 Å². The van der Waals surface area contributed by atoms with Crippen molar-refractivity contribution in [3.63, 3.8) is 0 Å². The molecule has 0 saturated heterocycles. The van der Waals surface area contributed by atoms with Crippen LogP contribution in [0.4, 0.5) is 0 Å². The van der Waals surface area contributed by atoms with Gasteiger partial charge in [-0.2, -0.15) is 0 Å². The van der Waals surface area contributed by atoms with Crippen molar-refractivity contribution in [2.75, 3.05) is 7.11 Å². The number of rotatable bonds is 7. The van der Waals surface area contributed by atoms with E-state index in [1.54, 1.807) is 13.2 Å². The van der Waals surface area contributed by atoms with E-state index in [9.17, 15) is 0 Å². The summed E-state index contributed by atoms with van der Waals surface area (Å²) in [6.45, 7) is 2.69. The molecule has 2 rings (SSSR count). The van der Waals surface area contributed by atoms with E-state index in [-0.39, 0.29) is 18.3 Å². The number of benzene rings is 1. The zero-order chi connectivity index (χ0) is 19.5. The van der Waals surface area contributed by atoms with E-state index in [1.807, 2.05) is 30.3 Å². The Bertz CT molecular complexity index is 645. The van der Waals surface area contributed by atoms with E-state index in [1.165, 1.54) is 0 Å². The minimum atomic E-state index is -0.0411. The number of halogens is 1. The van der Waals surface area contributed by atoms with Gasteiger partial charge in [-0.1, -0.05) is 59.1 Å². The molecule has 1 heterocycles. The molecule has 1 aliphatic heterocycles. The van der Waals surface area contributed by atoms with Crippen LogP contribution in [0.1, 0.15) is 38.2 Å². The smallest absolute Gasteiger partial charge is 0.118 e. The van der Waals surface area contributed by atoms with Crippen molar-refractivity contribution in [2.45, 2.75) is 62.4 Å². The van der Waals surface area contributed by atoms with Crippen LogP contribution in [-0.2, 0) is 16.1 Å². The van der Waals surface area contributed by atoms with Gasteiger partial charge in [0.2, 0.25) is 0 Å². The summed E-state index contributed by atoms with van der Waals surface area (Å²) in [5, 5.41) is 0. The average Bonchev–Trinajstić information content (AvgIpc) is 2.77. The summed E-state index contributed by atoms with van der Waals surface area (Å²) in [7, 11) is 1.67. The van der Waals surface area contributed by atoms with Gasteiger partial charge in [-0.15, -0.1) is 6.42 Å². The molecule has 3 nitrogen and oxygen atoms in total. The Labute approximate surface area is 171 Å². The molecule has 1 aromatic rings. The SMILES string of the molecule is C#C/C=C\C[C@@H]1O[C@@H](CC)[C@@H](Br)C/C=C\C[C@H]1OCc1ccc(OC)cc1. The van der Waals surface area contributed by atoms with Crippen LogP contribution in [0.2, 0.25) is 0 Å². The molecule has 0 aliphatic carbocycles. The Balaban J connectivity index is 2.10. The third-order valence-electron chi connectivity index (χ3n) is 4.67. The van der Waals surface area contributed by atoms with Gasteiger partial charge in [0.1, 0.15) is 5.75 Å². The van der Waals surface area contributed by atoms with Gasteiger partial charge in [-0.05, 0) is 49.5 Å². The first-order chi connectivity index (χ1) is 13.2. The number of allylic oxidation sites excluding steroid dienone is 2. The number of hydrogen-bond donors (Lipinski definition) is 0. The van der Waals surface area contributed by atoms with Crippen LogP contribution in [0.25, 0.3) is 0 Å². The Morgan fingerprint density at radius 2 is 1.96 bits per heavy atom. The standard InChI is InChI=1S/C23H29BrO3/c1-4-6-7-12-23-22(11-9-8-10-20(24)21(5-2)27-23)26-17-18-13-15-19(25-3)16-14-18/h1,6-9,13-16,20-23H,5,10-12,17H2,2-3H3/b7-6-,9-8-/t20-,21-,22+,23-/m0/s1. The zero-order valence-corrected chi connectivity index (χ0v) is 17.7. The Morgan fingerprint density at radius 3 is 2.63 bits per heavy atom. The monoisotopic (exact) mass is 432 g/mol. The van der Waals surface area contributed by atoms with Gasteiger partial charge in [0.25, 0.3) is 0 Å². The van der Waals surface area contributed by atoms with Gasteiger partial charge in [0, 0.05) is 4.83 Å². The molecule has 4 heteroatoms. The largest absolute Gasteiger partial charge is 0.497 e. The van der Waals surface area contributed by atoms with Gasteiger partial charge in [0.15, 0.2) is 0 Å². The molecular formula is C23H29BrO3. The van der Waals surface area contributed by atoms with Crippen molar-refractivity contribution >= 4 is 15.9 Å². The third-order valence-corrected chi connectivity index (χ3v) is 5.64. The number of alkyl halides is 1. The first-order valence-electron chi connectivity index (χ1n) is 9.48. The van der Waals surface area contributed by atoms with Crippen LogP contribution < -0.4 is 4.74 Å². The van der Waals surface area contributed by atoms with Gasteiger partial charge < -0.3 is 14.2 Å². The number of hydrogen-bond acceptors (Lipinski definition) is 3. The second-order valence-electron chi connectivity index (χ2n) is 6.58. The molecule has 0 unspecified atom stereocenters. The second kappa shape index (κ2) is 12.0. The molecule has 0 amide bonds. The number of methoxy groups -OCH3 is 1. The topological polar surface area (TPSA) is 27.7 Å². The lowest BCUT2D eigenvalue weighted by Gasteiger charge is -2.31. The van der Waals surface area contributed by atoms with E-state index in [4.69, 9.17) is 20.6 Å². The summed E-state index contributed by atoms with van der Waals surface area (Å²) in [4.78, 5) is 0.304. The molecule has 1 aromatic carbocycles. The van der Waals surface area contributed by atoms with E-state index in [2.05, 4.69) is 40.9 Å². The highest BCUT2D eigenvalue weighted by atomic mass is 79.9. The molecule has 4 atom stereocenters. The number of ether oxygens (including phenoxy) is 3. The minimum Gasteiger partial charge on any atom is -0.497 e. The molecule has 0 fully saturated rings. The average molecular weight is 433 g/mol. The molecule has 0 bridgehead atoms. The molecule has 1 aliphatic rings. The number of terminal acetylenes is 1. The molecule has 0 spiro atoms. The Hall–Kier alpha value is -1.54. The molecule has 0 aromatic heterocycles. The van der Waals surface area contributed by atoms with Gasteiger partial charge in [0.05, 0.1) is 32.0 Å². The van der Waals surface area contributed by atoms with Crippen molar-refractivity contribution in [1.82, 2.24) is 0 Å². The molecule has 0 saturated carbocycles. The van der Waals surface area contributed by atoms with E-state index in [0.717, 1.165) is 37.0 Å². The van der Waals surface area contributed by atoms with Crippen molar-refractivity contribution in [1.29, 1.82) is 0 Å². The Kier molecular flexibility index (Phi) is 9.69. The summed E-state index contributed by atoms with van der Waals surface area (Å²) in [5.41, 5.74) is 1.11. The van der Waals surface area contributed by atoms with Crippen LogP contribution in [0.3, 0.4) is 0 Å². The highest BCUT2D eigenvalue weighted by molar-refractivity contribution is 9.09. The van der Waals surface area contributed by atoms with Crippen molar-refractivity contribution in [3.05, 3.63) is 54.1 Å². The van der Waals surface area contributed by atoms with Gasteiger partial charge in [-0.25, -0.2) is 0 Å². The molecular weight excluding hydrogens is 404 g/mol. The summed E-state index contributed by atoms with van der Waals surface area (Å²) < 4.78 is 18.0. The minimum absolute atomic E-state index is 0.0300. The first kappa shape index (κ1) is 21.8. The molecule has 146 valence electrons. The van der Waals surface area contributed by atoms with Crippen molar-refractivity contribution in [3.8, 4) is 18.1 Å². The predicted molar refractivity (Wildman–Crippen MR) is 114 cm³/mol. The highest BCUT2D eigenvalue weighted by Gasteiger charge is 2.28. The molecule has 0 radical (unpaired) electrons. The summed E-state index contributed by atoms with van der Waals surface area (Å²) in [6.07, 6.45) is 17.0. The fourth-order valence-electron chi connectivity index (χ4n) is 3.09. The fraction of sp³-hybridized carbons (Fsp3) is 0.478. The van der Waals surface area contributed by atoms with Crippen LogP contribution >= 0.6 is 15.9 Å². The van der Waals surface area contributed by atoms with Crippen molar-refractivity contribution < 1.29 is 14.2 Å². The van der Waals surface area contributed by atoms with E-state index >= 15 is 0 Å². The third kappa shape index (κ3) is 7.18. The quantitative estimate of drug-likeness (QED) is 0.326. The van der Waals surface area contributed by atoms with Crippen molar-refractivity contribution in [2.24, 2.45) is 0 Å². The fourth-order valence-corrected chi connectivity index (χ4v) is 3.80. The van der Waals surface area contributed by atoms with Gasteiger partial charge >= 0.3 is 0 Å². The summed E-state index contributed by atoms with van der Waals surface area (Å²) >= 11 is 3.77. The zero-order valence-electron chi connectivity index (χ0n) is 16.1. The highest BCUT2D eigenvalue weighted by Crippen LogP contribution is 2.26. The van der Waals surface area contributed by atoms with E-state index in [0.29, 0.717) is 11.4 Å². The lowest BCUT2D eigenvalue weighted by atomic mass is 10.1. The second-order valence-corrected chi connectivity index (χ2v) is 7.76. The summed E-state index contributed by atoms with van der Waals surface area (Å²) in [6, 6.07) is 7.96. The van der Waals surface area contributed by atoms with Gasteiger partial charge in [-0.3, -0.25) is 0 Å². The maximum absolute atomic E-state index is 6.47. The van der Waals surface area contributed by atoms with E-state index < -0.39 is 0 Å². The normalized spacial score (nSPS) is 27.3. The summed E-state index contributed by atoms with van der Waals surface area (Å²) in [5.74, 6) is 3.40. The lowest BCUT2D eigenvalue weighted by molar-refractivity contribution is -0.103. The Morgan fingerprint density at radius 1 is 1.22 bits per heavy atom. The maximum atomic E-state index is 6.47. The predicted octanol–water partition coefficient (Wildman–Crippen LogP) is 5.44. The van der Waals surface area contributed by atoms with Crippen LogP contribution in [0, 0.1) is 12.3 Å². The maximum Gasteiger partial charge on any atom is 0.118 e. The first-order valence-corrected chi connectivity index (χ1v) is 10.4.